The first-order valence-corrected chi connectivity index (χ1v) is 6.21. The van der Waals surface area contributed by atoms with Crippen molar-refractivity contribution in [2.75, 3.05) is 11.4 Å². The van der Waals surface area contributed by atoms with Gasteiger partial charge in [0.05, 0.1) is 12.2 Å². The smallest absolute Gasteiger partial charge is 0.237 e. The average molecular weight is 256 g/mol. The fourth-order valence-electron chi connectivity index (χ4n) is 2.17. The quantitative estimate of drug-likeness (QED) is 0.606. The average Bonchev–Trinajstić information content (AvgIpc) is 2.62. The van der Waals surface area contributed by atoms with Gasteiger partial charge in [-0.15, -0.1) is 0 Å². The molecule has 0 saturated carbocycles. The standard InChI is InChI=1S/C15H16N2O2/c1-10-8-12(4-3-7-16)5-6-13(10)17-14(18)9-11(2)15(17)19/h5-6,8,11H,7,9,16H2,1-2H3. The van der Waals surface area contributed by atoms with Gasteiger partial charge in [0.25, 0.3) is 0 Å². The van der Waals surface area contributed by atoms with Crippen molar-refractivity contribution in [3.63, 3.8) is 0 Å². The Balaban J connectivity index is 2.36. The molecule has 0 aromatic heterocycles. The van der Waals surface area contributed by atoms with Crippen LogP contribution in [0.15, 0.2) is 18.2 Å². The first kappa shape index (κ1) is 13.3. The largest absolute Gasteiger partial charge is 0.320 e. The number of imide groups is 1. The second-order valence-electron chi connectivity index (χ2n) is 4.68. The summed E-state index contributed by atoms with van der Waals surface area (Å²) in [4.78, 5) is 25.1. The second-order valence-corrected chi connectivity index (χ2v) is 4.68. The monoisotopic (exact) mass is 256 g/mol. The Kier molecular flexibility index (Phi) is 3.68. The zero-order valence-corrected chi connectivity index (χ0v) is 11.1. The topological polar surface area (TPSA) is 63.4 Å². The summed E-state index contributed by atoms with van der Waals surface area (Å²) >= 11 is 0. The maximum atomic E-state index is 12.0. The lowest BCUT2D eigenvalue weighted by Gasteiger charge is -2.17. The van der Waals surface area contributed by atoms with Gasteiger partial charge in [-0.25, -0.2) is 0 Å². The number of amides is 2. The van der Waals surface area contributed by atoms with E-state index in [1.165, 1.54) is 4.90 Å². The van der Waals surface area contributed by atoms with Gasteiger partial charge in [0.2, 0.25) is 11.8 Å². The molecule has 1 fully saturated rings. The highest BCUT2D eigenvalue weighted by Gasteiger charge is 2.37. The molecule has 0 spiro atoms. The van der Waals surface area contributed by atoms with Crippen molar-refractivity contribution in [2.45, 2.75) is 20.3 Å². The Bertz CT molecular complexity index is 596. The molecule has 0 aliphatic carbocycles. The van der Waals surface area contributed by atoms with E-state index in [9.17, 15) is 9.59 Å². The molecule has 0 bridgehead atoms. The van der Waals surface area contributed by atoms with E-state index in [0.717, 1.165) is 11.1 Å². The van der Waals surface area contributed by atoms with Gasteiger partial charge in [-0.2, -0.15) is 0 Å². The number of rotatable bonds is 1. The van der Waals surface area contributed by atoms with E-state index in [1.54, 1.807) is 19.1 Å². The molecule has 1 aromatic carbocycles. The van der Waals surface area contributed by atoms with Gasteiger partial charge < -0.3 is 5.73 Å². The van der Waals surface area contributed by atoms with Gasteiger partial charge in [-0.1, -0.05) is 18.8 Å². The Morgan fingerprint density at radius 1 is 1.42 bits per heavy atom. The van der Waals surface area contributed by atoms with Crippen molar-refractivity contribution >= 4 is 17.5 Å². The number of nitrogens with zero attached hydrogens (tertiary/aromatic N) is 1. The van der Waals surface area contributed by atoms with E-state index < -0.39 is 0 Å². The Labute approximate surface area is 112 Å². The summed E-state index contributed by atoms with van der Waals surface area (Å²) in [6, 6.07) is 5.43. The van der Waals surface area contributed by atoms with Crippen molar-refractivity contribution in [1.82, 2.24) is 0 Å². The lowest BCUT2D eigenvalue weighted by atomic mass is 10.1. The van der Waals surface area contributed by atoms with Gasteiger partial charge in [0, 0.05) is 17.9 Å². The Morgan fingerprint density at radius 2 is 2.16 bits per heavy atom. The summed E-state index contributed by atoms with van der Waals surface area (Å²) < 4.78 is 0. The molecule has 1 saturated heterocycles. The minimum absolute atomic E-state index is 0.131. The van der Waals surface area contributed by atoms with E-state index >= 15 is 0 Å². The third-order valence-electron chi connectivity index (χ3n) is 3.14. The van der Waals surface area contributed by atoms with E-state index in [2.05, 4.69) is 11.8 Å². The van der Waals surface area contributed by atoms with Crippen LogP contribution in [0.4, 0.5) is 5.69 Å². The lowest BCUT2D eigenvalue weighted by molar-refractivity contribution is -0.122. The number of benzene rings is 1. The molecule has 2 amide bonds. The van der Waals surface area contributed by atoms with Crippen LogP contribution in [0.2, 0.25) is 0 Å². The van der Waals surface area contributed by atoms with Crippen LogP contribution in [-0.4, -0.2) is 18.4 Å². The molecule has 2 N–H and O–H groups in total. The van der Waals surface area contributed by atoms with Crippen molar-refractivity contribution in [3.05, 3.63) is 29.3 Å². The van der Waals surface area contributed by atoms with Crippen molar-refractivity contribution in [3.8, 4) is 11.8 Å². The van der Waals surface area contributed by atoms with Crippen molar-refractivity contribution in [2.24, 2.45) is 11.7 Å². The lowest BCUT2D eigenvalue weighted by Crippen LogP contribution is -2.30. The van der Waals surface area contributed by atoms with Crippen molar-refractivity contribution < 1.29 is 9.59 Å². The fourth-order valence-corrected chi connectivity index (χ4v) is 2.17. The maximum absolute atomic E-state index is 12.0. The normalized spacial score (nSPS) is 18.5. The SMILES string of the molecule is Cc1cc(C#CCN)ccc1N1C(=O)CC(C)C1=O. The zero-order chi connectivity index (χ0) is 14.0. The van der Waals surface area contributed by atoms with Gasteiger partial charge in [0.1, 0.15) is 0 Å². The third-order valence-corrected chi connectivity index (χ3v) is 3.14. The van der Waals surface area contributed by atoms with Crippen LogP contribution in [0.5, 0.6) is 0 Å². The van der Waals surface area contributed by atoms with Crippen LogP contribution in [0, 0.1) is 24.7 Å². The number of carbonyl (C=O) groups is 2. The Hall–Kier alpha value is -2.12. The predicted molar refractivity (Wildman–Crippen MR) is 73.4 cm³/mol. The maximum Gasteiger partial charge on any atom is 0.237 e. The number of carbonyl (C=O) groups excluding carboxylic acids is 2. The number of aryl methyl sites for hydroxylation is 1. The van der Waals surface area contributed by atoms with E-state index in [-0.39, 0.29) is 24.2 Å². The minimum atomic E-state index is -0.233. The molecule has 2 rings (SSSR count). The highest BCUT2D eigenvalue weighted by atomic mass is 16.2. The summed E-state index contributed by atoms with van der Waals surface area (Å²) in [7, 11) is 0. The molecule has 4 nitrogen and oxygen atoms in total. The Morgan fingerprint density at radius 3 is 2.68 bits per heavy atom. The number of nitrogens with two attached hydrogens (primary N) is 1. The molecule has 98 valence electrons. The molecule has 1 aliphatic rings. The molecule has 19 heavy (non-hydrogen) atoms. The summed E-state index contributed by atoms with van der Waals surface area (Å²) in [5.41, 5.74) is 7.67. The van der Waals surface area contributed by atoms with Gasteiger partial charge >= 0.3 is 0 Å². The van der Waals surface area contributed by atoms with Crippen LogP contribution in [-0.2, 0) is 9.59 Å². The molecule has 1 unspecified atom stereocenters. The molecular formula is C15H16N2O2. The first-order chi connectivity index (χ1) is 9.04. The summed E-state index contributed by atoms with van der Waals surface area (Å²) in [6.07, 6.45) is 0.285. The molecule has 1 atom stereocenters. The van der Waals surface area contributed by atoms with E-state index in [1.807, 2.05) is 13.0 Å². The van der Waals surface area contributed by atoms with Gasteiger partial charge in [0.15, 0.2) is 0 Å². The highest BCUT2D eigenvalue weighted by molar-refractivity contribution is 6.21. The van der Waals surface area contributed by atoms with Crippen LogP contribution in [0.3, 0.4) is 0 Å². The summed E-state index contributed by atoms with van der Waals surface area (Å²) in [5, 5.41) is 0. The van der Waals surface area contributed by atoms with E-state index in [4.69, 9.17) is 5.73 Å². The predicted octanol–water partition coefficient (Wildman–Crippen LogP) is 1.20. The molecule has 1 aromatic rings. The minimum Gasteiger partial charge on any atom is -0.320 e. The molecule has 0 radical (unpaired) electrons. The fraction of sp³-hybridized carbons (Fsp3) is 0.333. The zero-order valence-electron chi connectivity index (χ0n) is 11.1. The van der Waals surface area contributed by atoms with Crippen molar-refractivity contribution in [1.29, 1.82) is 0 Å². The second kappa shape index (κ2) is 5.25. The third kappa shape index (κ3) is 2.51. The van der Waals surface area contributed by atoms with Crippen LogP contribution in [0.25, 0.3) is 0 Å². The number of hydrogen-bond donors (Lipinski definition) is 1. The van der Waals surface area contributed by atoms with Crippen LogP contribution < -0.4 is 10.6 Å². The number of anilines is 1. The van der Waals surface area contributed by atoms with Crippen LogP contribution >= 0.6 is 0 Å². The first-order valence-electron chi connectivity index (χ1n) is 6.21. The van der Waals surface area contributed by atoms with E-state index in [0.29, 0.717) is 12.2 Å². The summed E-state index contributed by atoms with van der Waals surface area (Å²) in [6.45, 7) is 3.95. The number of hydrogen-bond acceptors (Lipinski definition) is 3. The molecule has 4 heteroatoms. The van der Waals surface area contributed by atoms with Gasteiger partial charge in [-0.3, -0.25) is 14.5 Å². The van der Waals surface area contributed by atoms with Gasteiger partial charge in [-0.05, 0) is 30.7 Å². The van der Waals surface area contributed by atoms with Crippen LogP contribution in [0.1, 0.15) is 24.5 Å². The summed E-state index contributed by atoms with van der Waals surface area (Å²) in [5.74, 6) is 5.21. The highest BCUT2D eigenvalue weighted by Crippen LogP contribution is 2.29. The molecular weight excluding hydrogens is 240 g/mol. The molecule has 1 heterocycles. The molecule has 1 aliphatic heterocycles.